The van der Waals surface area contributed by atoms with Gasteiger partial charge in [0.15, 0.2) is 0 Å². The van der Waals surface area contributed by atoms with Gasteiger partial charge in [0.25, 0.3) is 0 Å². The molecule has 0 unspecified atom stereocenters. The van der Waals surface area contributed by atoms with E-state index in [9.17, 15) is 4.79 Å². The van der Waals surface area contributed by atoms with Crippen LogP contribution in [0, 0.1) is 5.92 Å². The lowest BCUT2D eigenvalue weighted by Crippen LogP contribution is -2.28. The van der Waals surface area contributed by atoms with Gasteiger partial charge in [-0.3, -0.25) is 4.79 Å². The second-order valence-electron chi connectivity index (χ2n) is 5.20. The van der Waals surface area contributed by atoms with E-state index in [1.165, 1.54) is 0 Å². The summed E-state index contributed by atoms with van der Waals surface area (Å²) in [7, 11) is 0. The van der Waals surface area contributed by atoms with Crippen LogP contribution in [0.15, 0.2) is 18.2 Å². The van der Waals surface area contributed by atoms with Gasteiger partial charge in [-0.1, -0.05) is 25.4 Å². The van der Waals surface area contributed by atoms with Crippen molar-refractivity contribution in [2.24, 2.45) is 5.92 Å². The van der Waals surface area contributed by atoms with Gasteiger partial charge in [-0.2, -0.15) is 0 Å². The molecule has 1 heterocycles. The Labute approximate surface area is 123 Å². The van der Waals surface area contributed by atoms with E-state index in [0.29, 0.717) is 36.4 Å². The molecule has 6 heteroatoms. The lowest BCUT2D eigenvalue weighted by Gasteiger charge is -2.09. The minimum Gasteiger partial charge on any atom is -0.369 e. The van der Waals surface area contributed by atoms with Crippen LogP contribution in [0.1, 0.15) is 20.3 Å². The summed E-state index contributed by atoms with van der Waals surface area (Å²) >= 11 is 5.92. The Balaban J connectivity index is 2.06. The molecule has 108 valence electrons. The van der Waals surface area contributed by atoms with E-state index in [1.807, 2.05) is 10.6 Å². The average Bonchev–Trinajstić information content (AvgIpc) is 2.68. The Morgan fingerprint density at radius 2 is 2.25 bits per heavy atom. The summed E-state index contributed by atoms with van der Waals surface area (Å²) in [6.45, 7) is 5.32. The van der Waals surface area contributed by atoms with E-state index in [-0.39, 0.29) is 5.91 Å². The second-order valence-corrected chi connectivity index (χ2v) is 5.64. The number of nitrogens with two attached hydrogens (primary N) is 1. The van der Waals surface area contributed by atoms with Crippen molar-refractivity contribution < 1.29 is 4.79 Å². The Hall–Kier alpha value is -1.75. The summed E-state index contributed by atoms with van der Waals surface area (Å²) in [6.07, 6.45) is 0.380. The summed E-state index contributed by atoms with van der Waals surface area (Å²) in [5.41, 5.74) is 7.53. The maximum absolute atomic E-state index is 11.7. The maximum atomic E-state index is 11.7. The molecule has 0 spiro atoms. The number of benzene rings is 1. The molecule has 0 aliphatic carbocycles. The van der Waals surface area contributed by atoms with Crippen LogP contribution in [-0.2, 0) is 11.3 Å². The van der Waals surface area contributed by atoms with Gasteiger partial charge in [-0.05, 0) is 24.1 Å². The molecule has 1 aromatic heterocycles. The fourth-order valence-electron chi connectivity index (χ4n) is 1.98. The minimum absolute atomic E-state index is 0.0221. The Morgan fingerprint density at radius 1 is 1.50 bits per heavy atom. The van der Waals surface area contributed by atoms with Crippen LogP contribution in [0.5, 0.6) is 0 Å². The van der Waals surface area contributed by atoms with Gasteiger partial charge >= 0.3 is 0 Å². The highest BCUT2D eigenvalue weighted by atomic mass is 35.5. The SMILES string of the molecule is CC(C)CNC(=O)CCn1c(N)nc2cc(Cl)ccc21. The quantitative estimate of drug-likeness (QED) is 0.889. The number of carbonyl (C=O) groups excluding carboxylic acids is 1. The molecule has 0 saturated heterocycles. The van der Waals surface area contributed by atoms with Crippen LogP contribution in [0.2, 0.25) is 5.02 Å². The number of aromatic nitrogens is 2. The third kappa shape index (κ3) is 3.42. The van der Waals surface area contributed by atoms with Crippen molar-refractivity contribution in [1.29, 1.82) is 0 Å². The molecule has 2 rings (SSSR count). The molecule has 1 amide bonds. The molecule has 0 aliphatic heterocycles. The van der Waals surface area contributed by atoms with Gasteiger partial charge in [0.2, 0.25) is 11.9 Å². The van der Waals surface area contributed by atoms with Crippen molar-refractivity contribution in [3.05, 3.63) is 23.2 Å². The van der Waals surface area contributed by atoms with Crippen molar-refractivity contribution in [3.8, 4) is 0 Å². The number of amides is 1. The van der Waals surface area contributed by atoms with E-state index >= 15 is 0 Å². The Kier molecular flexibility index (Phi) is 4.49. The molecule has 0 aliphatic rings. The minimum atomic E-state index is 0.0221. The van der Waals surface area contributed by atoms with Crippen LogP contribution in [0.3, 0.4) is 0 Å². The molecular weight excluding hydrogens is 276 g/mol. The number of hydrogen-bond donors (Lipinski definition) is 2. The molecule has 0 fully saturated rings. The summed E-state index contributed by atoms with van der Waals surface area (Å²) in [5.74, 6) is 0.869. The normalized spacial score (nSPS) is 11.2. The Bertz CT molecular complexity index is 621. The van der Waals surface area contributed by atoms with Crippen molar-refractivity contribution in [2.75, 3.05) is 12.3 Å². The fraction of sp³-hybridized carbons (Fsp3) is 0.429. The summed E-state index contributed by atoms with van der Waals surface area (Å²) in [4.78, 5) is 16.0. The highest BCUT2D eigenvalue weighted by Crippen LogP contribution is 2.21. The molecule has 0 atom stereocenters. The van der Waals surface area contributed by atoms with E-state index in [1.54, 1.807) is 12.1 Å². The first kappa shape index (κ1) is 14.7. The first-order chi connectivity index (χ1) is 9.47. The van der Waals surface area contributed by atoms with Crippen LogP contribution in [-0.4, -0.2) is 22.0 Å². The highest BCUT2D eigenvalue weighted by molar-refractivity contribution is 6.31. The van der Waals surface area contributed by atoms with Crippen LogP contribution in [0.25, 0.3) is 11.0 Å². The first-order valence-corrected chi connectivity index (χ1v) is 7.03. The fourth-order valence-corrected chi connectivity index (χ4v) is 2.14. The topological polar surface area (TPSA) is 72.9 Å². The van der Waals surface area contributed by atoms with E-state index in [4.69, 9.17) is 17.3 Å². The molecule has 0 saturated carbocycles. The number of carbonyl (C=O) groups is 1. The number of nitrogens with one attached hydrogen (secondary N) is 1. The molecule has 0 radical (unpaired) electrons. The summed E-state index contributed by atoms with van der Waals surface area (Å²) in [5, 5.41) is 3.51. The predicted molar refractivity (Wildman–Crippen MR) is 81.6 cm³/mol. The van der Waals surface area contributed by atoms with Gasteiger partial charge in [0.05, 0.1) is 11.0 Å². The van der Waals surface area contributed by atoms with Gasteiger partial charge in [-0.15, -0.1) is 0 Å². The number of fused-ring (bicyclic) bond motifs is 1. The average molecular weight is 295 g/mol. The molecule has 5 nitrogen and oxygen atoms in total. The van der Waals surface area contributed by atoms with Gasteiger partial charge in [-0.25, -0.2) is 4.98 Å². The number of aryl methyl sites for hydroxylation is 1. The van der Waals surface area contributed by atoms with Crippen LogP contribution < -0.4 is 11.1 Å². The molecule has 20 heavy (non-hydrogen) atoms. The molecule has 0 bridgehead atoms. The molecule has 3 N–H and O–H groups in total. The van der Waals surface area contributed by atoms with Crippen molar-refractivity contribution >= 4 is 34.5 Å². The largest absolute Gasteiger partial charge is 0.369 e. The molecular formula is C14H19ClN4O. The Morgan fingerprint density at radius 3 is 2.95 bits per heavy atom. The van der Waals surface area contributed by atoms with E-state index in [0.717, 1.165) is 11.0 Å². The lowest BCUT2D eigenvalue weighted by atomic mass is 10.2. The van der Waals surface area contributed by atoms with Crippen molar-refractivity contribution in [2.45, 2.75) is 26.8 Å². The maximum Gasteiger partial charge on any atom is 0.221 e. The smallest absolute Gasteiger partial charge is 0.221 e. The van der Waals surface area contributed by atoms with Gasteiger partial charge in [0, 0.05) is 24.5 Å². The summed E-state index contributed by atoms with van der Waals surface area (Å²) in [6, 6.07) is 5.43. The number of nitrogen functional groups attached to an aromatic ring is 1. The highest BCUT2D eigenvalue weighted by Gasteiger charge is 2.10. The zero-order chi connectivity index (χ0) is 14.7. The third-order valence-corrected chi connectivity index (χ3v) is 3.24. The standard InChI is InChI=1S/C14H19ClN4O/c1-9(2)8-17-13(20)5-6-19-12-4-3-10(15)7-11(12)18-14(19)16/h3-4,7,9H,5-6,8H2,1-2H3,(H2,16,18)(H,17,20). The van der Waals surface area contributed by atoms with Crippen LogP contribution in [0.4, 0.5) is 5.95 Å². The first-order valence-electron chi connectivity index (χ1n) is 6.65. The monoisotopic (exact) mass is 294 g/mol. The zero-order valence-corrected chi connectivity index (χ0v) is 12.4. The molecule has 1 aromatic carbocycles. The second kappa shape index (κ2) is 6.13. The zero-order valence-electron chi connectivity index (χ0n) is 11.7. The third-order valence-electron chi connectivity index (χ3n) is 3.01. The number of rotatable bonds is 5. The van der Waals surface area contributed by atoms with Gasteiger partial charge < -0.3 is 15.6 Å². The number of nitrogens with zero attached hydrogens (tertiary/aromatic N) is 2. The number of imidazole rings is 1. The number of anilines is 1. The van der Waals surface area contributed by atoms with Crippen LogP contribution >= 0.6 is 11.6 Å². The summed E-state index contributed by atoms with van der Waals surface area (Å²) < 4.78 is 1.83. The molecule has 2 aromatic rings. The number of hydrogen-bond acceptors (Lipinski definition) is 3. The predicted octanol–water partition coefficient (Wildman–Crippen LogP) is 2.43. The lowest BCUT2D eigenvalue weighted by molar-refractivity contribution is -0.121. The van der Waals surface area contributed by atoms with E-state index in [2.05, 4.69) is 24.1 Å². The van der Waals surface area contributed by atoms with Gasteiger partial charge in [0.1, 0.15) is 0 Å². The van der Waals surface area contributed by atoms with Crippen molar-refractivity contribution in [3.63, 3.8) is 0 Å². The number of halogens is 1. The van der Waals surface area contributed by atoms with E-state index < -0.39 is 0 Å². The van der Waals surface area contributed by atoms with Crippen molar-refractivity contribution in [1.82, 2.24) is 14.9 Å².